The number of rotatable bonds is 5. The summed E-state index contributed by atoms with van der Waals surface area (Å²) in [5.74, 6) is 0.738. The number of benzene rings is 1. The fourth-order valence-corrected chi connectivity index (χ4v) is 2.00. The summed E-state index contributed by atoms with van der Waals surface area (Å²) in [7, 11) is 0. The summed E-state index contributed by atoms with van der Waals surface area (Å²) in [5.41, 5.74) is 1.06. The minimum absolute atomic E-state index is 0.300. The van der Waals surface area contributed by atoms with E-state index in [4.69, 9.17) is 4.74 Å². The van der Waals surface area contributed by atoms with E-state index in [9.17, 15) is 5.11 Å². The van der Waals surface area contributed by atoms with Gasteiger partial charge in [0.25, 0.3) is 0 Å². The molecule has 19 heavy (non-hydrogen) atoms. The maximum Gasteiger partial charge on any atom is 0.145 e. The van der Waals surface area contributed by atoms with Crippen LogP contribution < -0.4 is 4.74 Å². The molecule has 0 unspecified atom stereocenters. The molecule has 1 N–H and O–H groups in total. The van der Waals surface area contributed by atoms with Crippen LogP contribution in [0.5, 0.6) is 5.75 Å². The first kappa shape index (κ1) is 13.8. The first-order valence-corrected chi connectivity index (χ1v) is 6.79. The Hall–Kier alpha value is -1.61. The molecule has 2 rings (SSSR count). The van der Waals surface area contributed by atoms with Crippen molar-refractivity contribution in [3.63, 3.8) is 0 Å². The van der Waals surface area contributed by atoms with Crippen LogP contribution in [-0.4, -0.2) is 22.3 Å². The van der Waals surface area contributed by atoms with Crippen LogP contribution in [0.4, 0.5) is 0 Å². The van der Waals surface area contributed by atoms with E-state index >= 15 is 0 Å². The Morgan fingerprint density at radius 1 is 1.16 bits per heavy atom. The number of fused-ring (bicyclic) bond motifs is 1. The third-order valence-electron chi connectivity index (χ3n) is 3.64. The highest BCUT2D eigenvalue weighted by Gasteiger charge is 2.23. The maximum atomic E-state index is 10.3. The third kappa shape index (κ3) is 3.04. The van der Waals surface area contributed by atoms with Gasteiger partial charge in [-0.05, 0) is 31.9 Å². The molecule has 3 nitrogen and oxygen atoms in total. The van der Waals surface area contributed by atoms with Crippen molar-refractivity contribution < 1.29 is 9.84 Å². The fourth-order valence-electron chi connectivity index (χ4n) is 2.00. The molecule has 0 aliphatic carbocycles. The molecular weight excluding hydrogens is 238 g/mol. The average Bonchev–Trinajstić information content (AvgIpc) is 2.44. The topological polar surface area (TPSA) is 42.4 Å². The lowest BCUT2D eigenvalue weighted by molar-refractivity contribution is -0.0109. The Bertz CT molecular complexity index is 562. The Kier molecular flexibility index (Phi) is 4.05. The van der Waals surface area contributed by atoms with E-state index in [0.717, 1.165) is 22.3 Å². The number of pyridine rings is 1. The molecule has 0 fully saturated rings. The number of para-hydroxylation sites is 1. The minimum Gasteiger partial charge on any atom is -0.488 e. The van der Waals surface area contributed by atoms with E-state index in [1.54, 1.807) is 0 Å². The van der Waals surface area contributed by atoms with Crippen molar-refractivity contribution in [2.45, 2.75) is 39.2 Å². The highest BCUT2D eigenvalue weighted by atomic mass is 16.5. The van der Waals surface area contributed by atoms with Gasteiger partial charge in [0, 0.05) is 11.1 Å². The van der Waals surface area contributed by atoms with Gasteiger partial charge in [0.1, 0.15) is 17.9 Å². The molecule has 0 spiro atoms. The molecule has 0 radical (unpaired) electrons. The molecule has 3 heteroatoms. The molecule has 0 aliphatic heterocycles. The predicted octanol–water partition coefficient (Wildman–Crippen LogP) is 3.47. The highest BCUT2D eigenvalue weighted by Crippen LogP contribution is 2.25. The van der Waals surface area contributed by atoms with Crippen LogP contribution in [0, 0.1) is 6.92 Å². The van der Waals surface area contributed by atoms with E-state index in [-0.39, 0.29) is 0 Å². The first-order valence-electron chi connectivity index (χ1n) is 6.79. The molecule has 0 aliphatic rings. The van der Waals surface area contributed by atoms with E-state index in [1.807, 2.05) is 51.1 Å². The van der Waals surface area contributed by atoms with Crippen LogP contribution in [-0.2, 0) is 0 Å². The van der Waals surface area contributed by atoms with Gasteiger partial charge in [-0.2, -0.15) is 0 Å². The predicted molar refractivity (Wildman–Crippen MR) is 77.5 cm³/mol. The lowest BCUT2D eigenvalue weighted by atomic mass is 9.99. The van der Waals surface area contributed by atoms with Crippen molar-refractivity contribution in [3.05, 3.63) is 36.0 Å². The monoisotopic (exact) mass is 259 g/mol. The second-order valence-corrected chi connectivity index (χ2v) is 5.00. The average molecular weight is 259 g/mol. The normalized spacial score (nSPS) is 11.8. The highest BCUT2D eigenvalue weighted by molar-refractivity contribution is 5.84. The fraction of sp³-hybridized carbons (Fsp3) is 0.438. The zero-order chi connectivity index (χ0) is 13.9. The summed E-state index contributed by atoms with van der Waals surface area (Å²) in [4.78, 5) is 4.52. The number of aliphatic hydroxyl groups is 1. The molecule has 0 bridgehead atoms. The van der Waals surface area contributed by atoms with E-state index < -0.39 is 5.60 Å². The summed E-state index contributed by atoms with van der Waals surface area (Å²) >= 11 is 0. The van der Waals surface area contributed by atoms with Crippen LogP contribution in [0.15, 0.2) is 30.3 Å². The smallest absolute Gasteiger partial charge is 0.145 e. The van der Waals surface area contributed by atoms with Crippen LogP contribution >= 0.6 is 0 Å². The molecule has 0 atom stereocenters. The van der Waals surface area contributed by atoms with Crippen LogP contribution in [0.2, 0.25) is 0 Å². The summed E-state index contributed by atoms with van der Waals surface area (Å²) in [5, 5.41) is 11.3. The SMILES string of the molecule is CCC(O)(CC)COc1cccc2ccc(C)nc12. The summed E-state index contributed by atoms with van der Waals surface area (Å²) in [6, 6.07) is 9.89. The molecule has 102 valence electrons. The Morgan fingerprint density at radius 2 is 1.89 bits per heavy atom. The Balaban J connectivity index is 2.28. The summed E-state index contributed by atoms with van der Waals surface area (Å²) in [6.45, 7) is 6.20. The van der Waals surface area contributed by atoms with Crippen molar-refractivity contribution in [1.29, 1.82) is 0 Å². The number of aryl methyl sites for hydroxylation is 1. The molecule has 0 saturated heterocycles. The second-order valence-electron chi connectivity index (χ2n) is 5.00. The molecule has 1 heterocycles. The molecular formula is C16H21NO2. The summed E-state index contributed by atoms with van der Waals surface area (Å²) < 4.78 is 5.81. The van der Waals surface area contributed by atoms with Gasteiger partial charge < -0.3 is 9.84 Å². The van der Waals surface area contributed by atoms with Crippen LogP contribution in [0.25, 0.3) is 10.9 Å². The van der Waals surface area contributed by atoms with Gasteiger partial charge in [-0.25, -0.2) is 4.98 Å². The van der Waals surface area contributed by atoms with Gasteiger partial charge >= 0.3 is 0 Å². The van der Waals surface area contributed by atoms with Gasteiger partial charge in [0.15, 0.2) is 0 Å². The van der Waals surface area contributed by atoms with Gasteiger partial charge in [-0.15, -0.1) is 0 Å². The standard InChI is InChI=1S/C16H21NO2/c1-4-16(18,5-2)11-19-14-8-6-7-13-10-9-12(3)17-15(13)14/h6-10,18H,4-5,11H2,1-3H3. The number of hydrogen-bond donors (Lipinski definition) is 1. The van der Waals surface area contributed by atoms with Gasteiger partial charge in [0.2, 0.25) is 0 Å². The van der Waals surface area contributed by atoms with E-state index in [1.165, 1.54) is 0 Å². The van der Waals surface area contributed by atoms with E-state index in [0.29, 0.717) is 19.4 Å². The van der Waals surface area contributed by atoms with Crippen molar-refractivity contribution in [2.75, 3.05) is 6.61 Å². The molecule has 0 saturated carbocycles. The van der Waals surface area contributed by atoms with Crippen molar-refractivity contribution in [3.8, 4) is 5.75 Å². The van der Waals surface area contributed by atoms with Crippen molar-refractivity contribution in [1.82, 2.24) is 4.98 Å². The van der Waals surface area contributed by atoms with Gasteiger partial charge in [0.05, 0.1) is 5.60 Å². The zero-order valence-corrected chi connectivity index (χ0v) is 11.8. The minimum atomic E-state index is -0.758. The summed E-state index contributed by atoms with van der Waals surface area (Å²) in [6.07, 6.45) is 1.36. The van der Waals surface area contributed by atoms with Gasteiger partial charge in [-0.1, -0.05) is 32.0 Å². The number of hydrogen-bond acceptors (Lipinski definition) is 3. The first-order chi connectivity index (χ1) is 9.08. The van der Waals surface area contributed by atoms with Crippen LogP contribution in [0.3, 0.4) is 0 Å². The van der Waals surface area contributed by atoms with Crippen LogP contribution in [0.1, 0.15) is 32.4 Å². The molecule has 2 aromatic rings. The van der Waals surface area contributed by atoms with Gasteiger partial charge in [-0.3, -0.25) is 0 Å². The Morgan fingerprint density at radius 3 is 2.58 bits per heavy atom. The second kappa shape index (κ2) is 5.57. The maximum absolute atomic E-state index is 10.3. The molecule has 1 aromatic carbocycles. The van der Waals surface area contributed by atoms with E-state index in [2.05, 4.69) is 4.98 Å². The number of aromatic nitrogens is 1. The largest absolute Gasteiger partial charge is 0.488 e. The molecule has 0 amide bonds. The number of ether oxygens (including phenoxy) is 1. The molecule has 1 aromatic heterocycles. The van der Waals surface area contributed by atoms with Crippen molar-refractivity contribution >= 4 is 10.9 Å². The lowest BCUT2D eigenvalue weighted by Crippen LogP contribution is -2.34. The zero-order valence-electron chi connectivity index (χ0n) is 11.8. The number of nitrogens with zero attached hydrogens (tertiary/aromatic N) is 1. The Labute approximate surface area is 114 Å². The lowest BCUT2D eigenvalue weighted by Gasteiger charge is -2.25. The third-order valence-corrected chi connectivity index (χ3v) is 3.64. The quantitative estimate of drug-likeness (QED) is 0.894. The van der Waals surface area contributed by atoms with Crippen molar-refractivity contribution in [2.24, 2.45) is 0 Å².